The highest BCUT2D eigenvalue weighted by Gasteiger charge is 2.14. The molecule has 0 spiro atoms. The predicted octanol–water partition coefficient (Wildman–Crippen LogP) is 2.98. The molecule has 1 N–H and O–H groups in total. The molecule has 0 amide bonds. The van der Waals surface area contributed by atoms with Crippen molar-refractivity contribution in [2.75, 3.05) is 6.61 Å². The van der Waals surface area contributed by atoms with Gasteiger partial charge in [-0.1, -0.05) is 26.2 Å². The fourth-order valence-corrected chi connectivity index (χ4v) is 1.36. The molecule has 0 aliphatic heterocycles. The SMILES string of the molecule is CCCCCC(CO)C(Cl)Cl. The second-order valence-electron chi connectivity index (χ2n) is 2.77. The van der Waals surface area contributed by atoms with Crippen molar-refractivity contribution in [3.63, 3.8) is 0 Å². The summed E-state index contributed by atoms with van der Waals surface area (Å²) in [6, 6.07) is 0. The van der Waals surface area contributed by atoms with Crippen LogP contribution < -0.4 is 0 Å². The molecule has 0 rings (SSSR count). The van der Waals surface area contributed by atoms with Gasteiger partial charge in [0, 0.05) is 12.5 Å². The van der Waals surface area contributed by atoms with Gasteiger partial charge in [0.05, 0.1) is 0 Å². The standard InChI is InChI=1S/C8H16Cl2O/c1-2-3-4-5-7(6-11)8(9)10/h7-8,11H,2-6H2,1H3. The molecule has 0 aromatic heterocycles. The van der Waals surface area contributed by atoms with Crippen LogP contribution in [-0.4, -0.2) is 16.5 Å². The van der Waals surface area contributed by atoms with E-state index in [0.29, 0.717) is 0 Å². The normalized spacial score (nSPS) is 13.9. The number of halogens is 2. The number of aliphatic hydroxyl groups is 1. The monoisotopic (exact) mass is 198 g/mol. The average Bonchev–Trinajstić information content (AvgIpc) is 1.97. The van der Waals surface area contributed by atoms with Crippen molar-refractivity contribution in [1.29, 1.82) is 0 Å². The Balaban J connectivity index is 3.36. The molecular formula is C8H16Cl2O. The lowest BCUT2D eigenvalue weighted by molar-refractivity contribution is 0.224. The van der Waals surface area contributed by atoms with E-state index in [2.05, 4.69) is 6.92 Å². The maximum atomic E-state index is 8.83. The van der Waals surface area contributed by atoms with E-state index in [4.69, 9.17) is 28.3 Å². The van der Waals surface area contributed by atoms with Crippen LogP contribution >= 0.6 is 23.2 Å². The van der Waals surface area contributed by atoms with Crippen molar-refractivity contribution in [1.82, 2.24) is 0 Å². The minimum atomic E-state index is -0.420. The minimum absolute atomic E-state index is 0.0601. The van der Waals surface area contributed by atoms with E-state index in [-0.39, 0.29) is 12.5 Å². The number of rotatable bonds is 6. The van der Waals surface area contributed by atoms with Gasteiger partial charge in [0.25, 0.3) is 0 Å². The molecule has 68 valence electrons. The average molecular weight is 199 g/mol. The first-order valence-electron chi connectivity index (χ1n) is 4.11. The fourth-order valence-electron chi connectivity index (χ4n) is 0.953. The van der Waals surface area contributed by atoms with Crippen molar-refractivity contribution < 1.29 is 5.11 Å². The lowest BCUT2D eigenvalue weighted by Gasteiger charge is -2.13. The van der Waals surface area contributed by atoms with Crippen molar-refractivity contribution in [3.05, 3.63) is 0 Å². The van der Waals surface area contributed by atoms with E-state index >= 15 is 0 Å². The Labute approximate surface area is 78.7 Å². The minimum Gasteiger partial charge on any atom is -0.396 e. The number of alkyl halides is 2. The second kappa shape index (κ2) is 7.20. The zero-order valence-electron chi connectivity index (χ0n) is 6.89. The van der Waals surface area contributed by atoms with Crippen LogP contribution in [0.25, 0.3) is 0 Å². The Hall–Kier alpha value is 0.540. The van der Waals surface area contributed by atoms with Gasteiger partial charge in [-0.2, -0.15) is 0 Å². The summed E-state index contributed by atoms with van der Waals surface area (Å²) in [6.45, 7) is 2.24. The number of hydrogen-bond acceptors (Lipinski definition) is 1. The van der Waals surface area contributed by atoms with Gasteiger partial charge < -0.3 is 5.11 Å². The highest BCUT2D eigenvalue weighted by Crippen LogP contribution is 2.20. The molecule has 0 aliphatic carbocycles. The first-order chi connectivity index (χ1) is 5.22. The third-order valence-corrected chi connectivity index (χ3v) is 2.48. The fraction of sp³-hybridized carbons (Fsp3) is 1.00. The summed E-state index contributed by atoms with van der Waals surface area (Å²) < 4.78 is 0. The summed E-state index contributed by atoms with van der Waals surface area (Å²) in [7, 11) is 0. The smallest absolute Gasteiger partial charge is 0.112 e. The largest absolute Gasteiger partial charge is 0.396 e. The van der Waals surface area contributed by atoms with Crippen LogP contribution in [0.3, 0.4) is 0 Å². The van der Waals surface area contributed by atoms with E-state index in [1.165, 1.54) is 12.8 Å². The van der Waals surface area contributed by atoms with Gasteiger partial charge in [0.2, 0.25) is 0 Å². The van der Waals surface area contributed by atoms with Crippen molar-refractivity contribution >= 4 is 23.2 Å². The molecule has 11 heavy (non-hydrogen) atoms. The quantitative estimate of drug-likeness (QED) is 0.515. The Bertz CT molecular complexity index is 86.2. The Morgan fingerprint density at radius 3 is 2.27 bits per heavy atom. The Kier molecular flexibility index (Phi) is 7.56. The van der Waals surface area contributed by atoms with E-state index in [1.807, 2.05) is 0 Å². The third-order valence-electron chi connectivity index (χ3n) is 1.77. The molecule has 0 radical (unpaired) electrons. The molecule has 0 aliphatic rings. The highest BCUT2D eigenvalue weighted by molar-refractivity contribution is 6.44. The number of hydrogen-bond donors (Lipinski definition) is 1. The van der Waals surface area contributed by atoms with E-state index in [9.17, 15) is 0 Å². The molecule has 1 atom stereocenters. The van der Waals surface area contributed by atoms with Gasteiger partial charge in [-0.05, 0) is 6.42 Å². The van der Waals surface area contributed by atoms with Gasteiger partial charge in [-0.25, -0.2) is 0 Å². The molecule has 0 aromatic carbocycles. The summed E-state index contributed by atoms with van der Waals surface area (Å²) in [5.74, 6) is 0.0601. The summed E-state index contributed by atoms with van der Waals surface area (Å²) in [5.41, 5.74) is 0. The van der Waals surface area contributed by atoms with Crippen LogP contribution in [0.4, 0.5) is 0 Å². The Morgan fingerprint density at radius 2 is 1.91 bits per heavy atom. The van der Waals surface area contributed by atoms with E-state index < -0.39 is 4.84 Å². The maximum Gasteiger partial charge on any atom is 0.112 e. The summed E-state index contributed by atoms with van der Waals surface area (Å²) in [6.07, 6.45) is 4.42. The van der Waals surface area contributed by atoms with E-state index in [1.54, 1.807) is 0 Å². The Morgan fingerprint density at radius 1 is 1.27 bits per heavy atom. The molecule has 0 saturated heterocycles. The molecular weight excluding hydrogens is 183 g/mol. The van der Waals surface area contributed by atoms with Crippen molar-refractivity contribution in [3.8, 4) is 0 Å². The second-order valence-corrected chi connectivity index (χ2v) is 3.94. The van der Waals surface area contributed by atoms with Gasteiger partial charge in [0.1, 0.15) is 4.84 Å². The molecule has 0 fully saturated rings. The molecule has 0 aromatic rings. The first-order valence-corrected chi connectivity index (χ1v) is 4.98. The van der Waals surface area contributed by atoms with Gasteiger partial charge in [-0.15, -0.1) is 23.2 Å². The van der Waals surface area contributed by atoms with Gasteiger partial charge >= 0.3 is 0 Å². The van der Waals surface area contributed by atoms with Crippen LogP contribution in [0.15, 0.2) is 0 Å². The summed E-state index contributed by atoms with van der Waals surface area (Å²) in [4.78, 5) is -0.420. The zero-order chi connectivity index (χ0) is 8.69. The van der Waals surface area contributed by atoms with Crippen LogP contribution in [0.2, 0.25) is 0 Å². The van der Waals surface area contributed by atoms with Crippen molar-refractivity contribution in [2.45, 2.75) is 37.4 Å². The lowest BCUT2D eigenvalue weighted by Crippen LogP contribution is -2.13. The van der Waals surface area contributed by atoms with Crippen LogP contribution in [-0.2, 0) is 0 Å². The first kappa shape index (κ1) is 11.5. The van der Waals surface area contributed by atoms with Crippen LogP contribution in [0.1, 0.15) is 32.6 Å². The van der Waals surface area contributed by atoms with E-state index in [0.717, 1.165) is 12.8 Å². The highest BCUT2D eigenvalue weighted by atomic mass is 35.5. The molecule has 0 saturated carbocycles. The molecule has 1 unspecified atom stereocenters. The summed E-state index contributed by atoms with van der Waals surface area (Å²) in [5, 5.41) is 8.83. The lowest BCUT2D eigenvalue weighted by atomic mass is 10.0. The van der Waals surface area contributed by atoms with Gasteiger partial charge in [-0.3, -0.25) is 0 Å². The predicted molar refractivity (Wildman–Crippen MR) is 50.2 cm³/mol. The third kappa shape index (κ3) is 5.77. The number of unbranched alkanes of at least 4 members (excludes halogenated alkanes) is 2. The zero-order valence-corrected chi connectivity index (χ0v) is 8.41. The van der Waals surface area contributed by atoms with Crippen molar-refractivity contribution in [2.24, 2.45) is 5.92 Å². The number of aliphatic hydroxyl groups excluding tert-OH is 1. The molecule has 0 bridgehead atoms. The maximum absolute atomic E-state index is 8.83. The molecule has 1 nitrogen and oxygen atoms in total. The van der Waals surface area contributed by atoms with Gasteiger partial charge in [0.15, 0.2) is 0 Å². The molecule has 0 heterocycles. The van der Waals surface area contributed by atoms with Crippen LogP contribution in [0.5, 0.6) is 0 Å². The van der Waals surface area contributed by atoms with Crippen LogP contribution in [0, 0.1) is 5.92 Å². The topological polar surface area (TPSA) is 20.2 Å². The molecule has 3 heteroatoms. The summed E-state index contributed by atoms with van der Waals surface area (Å²) >= 11 is 11.3.